The minimum Gasteiger partial charge on any atom is -0.502 e. The van der Waals surface area contributed by atoms with Crippen LogP contribution in [0.25, 0.3) is 0 Å². The van der Waals surface area contributed by atoms with Gasteiger partial charge < -0.3 is 15.6 Å². The van der Waals surface area contributed by atoms with E-state index in [0.717, 1.165) is 5.57 Å². The number of aliphatic hydroxyl groups is 1. The second kappa shape index (κ2) is 6.19. The van der Waals surface area contributed by atoms with Gasteiger partial charge in [0, 0.05) is 6.04 Å². The van der Waals surface area contributed by atoms with Crippen molar-refractivity contribution in [1.29, 1.82) is 0 Å². The molecule has 0 saturated heterocycles. The molecule has 11 heavy (non-hydrogen) atoms. The monoisotopic (exact) mass is 159 g/mol. The summed E-state index contributed by atoms with van der Waals surface area (Å²) in [6.07, 6.45) is 2.38. The van der Waals surface area contributed by atoms with Crippen LogP contribution in [0.2, 0.25) is 0 Å². The van der Waals surface area contributed by atoms with Gasteiger partial charge in [-0.3, -0.25) is 0 Å². The standard InChI is InChI=1S/C8H17NO2/c1-3-11-6-7(2)4-8(9)5-10/h6,8,10H,3-5,9H2,1-2H3/b7-6+. The van der Waals surface area contributed by atoms with Gasteiger partial charge in [0.15, 0.2) is 0 Å². The first-order valence-corrected chi connectivity index (χ1v) is 3.84. The third-order valence-electron chi connectivity index (χ3n) is 1.27. The van der Waals surface area contributed by atoms with Crippen molar-refractivity contribution in [3.05, 3.63) is 11.8 Å². The van der Waals surface area contributed by atoms with E-state index in [0.29, 0.717) is 13.0 Å². The van der Waals surface area contributed by atoms with Gasteiger partial charge in [-0.25, -0.2) is 0 Å². The highest BCUT2D eigenvalue weighted by Crippen LogP contribution is 2.02. The van der Waals surface area contributed by atoms with Crippen molar-refractivity contribution in [2.45, 2.75) is 26.3 Å². The predicted octanol–water partition coefficient (Wildman–Crippen LogP) is 0.636. The Balaban J connectivity index is 3.57. The molecule has 66 valence electrons. The van der Waals surface area contributed by atoms with Crippen molar-refractivity contribution >= 4 is 0 Å². The third-order valence-corrected chi connectivity index (χ3v) is 1.27. The average Bonchev–Trinajstić information content (AvgIpc) is 2.00. The predicted molar refractivity (Wildman–Crippen MR) is 45.1 cm³/mol. The molecule has 0 aromatic rings. The molecule has 0 rings (SSSR count). The van der Waals surface area contributed by atoms with Gasteiger partial charge in [0.25, 0.3) is 0 Å². The molecule has 0 aliphatic rings. The fourth-order valence-electron chi connectivity index (χ4n) is 0.752. The van der Waals surface area contributed by atoms with Gasteiger partial charge in [0.2, 0.25) is 0 Å². The maximum Gasteiger partial charge on any atom is 0.0845 e. The summed E-state index contributed by atoms with van der Waals surface area (Å²) in [4.78, 5) is 0. The van der Waals surface area contributed by atoms with Gasteiger partial charge >= 0.3 is 0 Å². The van der Waals surface area contributed by atoms with E-state index < -0.39 is 0 Å². The molecule has 0 aliphatic heterocycles. The molecule has 1 unspecified atom stereocenters. The Morgan fingerprint density at radius 3 is 2.82 bits per heavy atom. The van der Waals surface area contributed by atoms with Crippen molar-refractivity contribution in [1.82, 2.24) is 0 Å². The minimum atomic E-state index is -0.160. The lowest BCUT2D eigenvalue weighted by atomic mass is 10.1. The molecule has 0 fully saturated rings. The Kier molecular flexibility index (Phi) is 5.88. The van der Waals surface area contributed by atoms with Crippen molar-refractivity contribution in [3.8, 4) is 0 Å². The highest BCUT2D eigenvalue weighted by atomic mass is 16.5. The molecule has 0 radical (unpaired) electrons. The number of nitrogens with two attached hydrogens (primary N) is 1. The number of hydrogen-bond acceptors (Lipinski definition) is 3. The van der Waals surface area contributed by atoms with Crippen LogP contribution < -0.4 is 5.73 Å². The molecule has 0 saturated carbocycles. The van der Waals surface area contributed by atoms with E-state index in [-0.39, 0.29) is 12.6 Å². The van der Waals surface area contributed by atoms with Crippen LogP contribution in [-0.4, -0.2) is 24.4 Å². The van der Waals surface area contributed by atoms with E-state index in [1.54, 1.807) is 6.26 Å². The lowest BCUT2D eigenvalue weighted by Crippen LogP contribution is -2.24. The summed E-state index contributed by atoms with van der Waals surface area (Å²) in [6, 6.07) is -0.160. The van der Waals surface area contributed by atoms with Crippen LogP contribution in [0.15, 0.2) is 11.8 Å². The molecule has 0 heterocycles. The summed E-state index contributed by atoms with van der Waals surface area (Å²) in [5.74, 6) is 0. The second-order valence-corrected chi connectivity index (χ2v) is 2.57. The SMILES string of the molecule is CCO/C=C(\C)CC(N)CO. The third kappa shape index (κ3) is 5.88. The Morgan fingerprint density at radius 2 is 2.36 bits per heavy atom. The van der Waals surface area contributed by atoms with Gasteiger partial charge in [-0.1, -0.05) is 0 Å². The molecule has 0 aromatic carbocycles. The maximum atomic E-state index is 8.62. The van der Waals surface area contributed by atoms with E-state index >= 15 is 0 Å². The molecule has 0 bridgehead atoms. The van der Waals surface area contributed by atoms with Crippen molar-refractivity contribution in [2.24, 2.45) is 5.73 Å². The first-order valence-electron chi connectivity index (χ1n) is 3.84. The zero-order valence-corrected chi connectivity index (χ0v) is 7.21. The van der Waals surface area contributed by atoms with E-state index in [4.69, 9.17) is 15.6 Å². The second-order valence-electron chi connectivity index (χ2n) is 2.57. The lowest BCUT2D eigenvalue weighted by Gasteiger charge is -2.07. The molecule has 3 N–H and O–H groups in total. The Bertz CT molecular complexity index is 123. The molecule has 0 spiro atoms. The van der Waals surface area contributed by atoms with E-state index in [2.05, 4.69) is 0 Å². The molecular weight excluding hydrogens is 142 g/mol. The molecule has 0 aromatic heterocycles. The van der Waals surface area contributed by atoms with Crippen LogP contribution in [-0.2, 0) is 4.74 Å². The summed E-state index contributed by atoms with van der Waals surface area (Å²) in [5, 5.41) is 8.62. The molecule has 0 amide bonds. The average molecular weight is 159 g/mol. The quantitative estimate of drug-likeness (QED) is 0.579. The van der Waals surface area contributed by atoms with Gasteiger partial charge in [-0.05, 0) is 25.8 Å². The summed E-state index contributed by atoms with van der Waals surface area (Å²) < 4.78 is 5.04. The Labute approximate surface area is 67.9 Å². The fourth-order valence-corrected chi connectivity index (χ4v) is 0.752. The number of hydrogen-bond donors (Lipinski definition) is 2. The van der Waals surface area contributed by atoms with Crippen LogP contribution in [0.1, 0.15) is 20.3 Å². The number of ether oxygens (including phenoxy) is 1. The van der Waals surface area contributed by atoms with Gasteiger partial charge in [-0.15, -0.1) is 0 Å². The minimum absolute atomic E-state index is 0.0251. The molecule has 3 nitrogen and oxygen atoms in total. The first-order chi connectivity index (χ1) is 5.20. The summed E-state index contributed by atoms with van der Waals surface area (Å²) >= 11 is 0. The van der Waals surface area contributed by atoms with Crippen molar-refractivity contribution in [2.75, 3.05) is 13.2 Å². The highest BCUT2D eigenvalue weighted by molar-refractivity contribution is 4.95. The lowest BCUT2D eigenvalue weighted by molar-refractivity contribution is 0.254. The van der Waals surface area contributed by atoms with Crippen LogP contribution >= 0.6 is 0 Å². The van der Waals surface area contributed by atoms with Gasteiger partial charge in [-0.2, -0.15) is 0 Å². The van der Waals surface area contributed by atoms with Crippen molar-refractivity contribution in [3.63, 3.8) is 0 Å². The largest absolute Gasteiger partial charge is 0.502 e. The Hall–Kier alpha value is -0.540. The summed E-state index contributed by atoms with van der Waals surface area (Å²) in [6.45, 7) is 4.56. The normalized spacial score (nSPS) is 14.7. The molecule has 0 aliphatic carbocycles. The smallest absolute Gasteiger partial charge is 0.0845 e. The molecule has 1 atom stereocenters. The molecular formula is C8H17NO2. The fraction of sp³-hybridized carbons (Fsp3) is 0.750. The zero-order chi connectivity index (χ0) is 8.69. The van der Waals surface area contributed by atoms with E-state index in [9.17, 15) is 0 Å². The zero-order valence-electron chi connectivity index (χ0n) is 7.21. The highest BCUT2D eigenvalue weighted by Gasteiger charge is 2.00. The summed E-state index contributed by atoms with van der Waals surface area (Å²) in [5.41, 5.74) is 6.56. The van der Waals surface area contributed by atoms with Crippen LogP contribution in [0, 0.1) is 0 Å². The number of aliphatic hydroxyl groups excluding tert-OH is 1. The van der Waals surface area contributed by atoms with Crippen LogP contribution in [0.4, 0.5) is 0 Å². The number of rotatable bonds is 5. The van der Waals surface area contributed by atoms with Crippen molar-refractivity contribution < 1.29 is 9.84 Å². The van der Waals surface area contributed by atoms with E-state index in [1.807, 2.05) is 13.8 Å². The summed E-state index contributed by atoms with van der Waals surface area (Å²) in [7, 11) is 0. The van der Waals surface area contributed by atoms with Gasteiger partial charge in [0.05, 0.1) is 19.5 Å². The first kappa shape index (κ1) is 10.5. The van der Waals surface area contributed by atoms with E-state index in [1.165, 1.54) is 0 Å². The van der Waals surface area contributed by atoms with Crippen LogP contribution in [0.5, 0.6) is 0 Å². The maximum absolute atomic E-state index is 8.62. The topological polar surface area (TPSA) is 55.5 Å². The van der Waals surface area contributed by atoms with Gasteiger partial charge in [0.1, 0.15) is 0 Å². The molecule has 3 heteroatoms. The van der Waals surface area contributed by atoms with Crippen LogP contribution in [0.3, 0.4) is 0 Å². The Morgan fingerprint density at radius 1 is 1.73 bits per heavy atom.